The molecule has 1 aliphatic carbocycles. The Morgan fingerprint density at radius 2 is 2.13 bits per heavy atom. The van der Waals surface area contributed by atoms with Crippen LogP contribution in [0.3, 0.4) is 0 Å². The lowest BCUT2D eigenvalue weighted by Crippen LogP contribution is -2.38. The van der Waals surface area contributed by atoms with E-state index in [0.717, 1.165) is 18.4 Å². The fourth-order valence-corrected chi connectivity index (χ4v) is 2.07. The van der Waals surface area contributed by atoms with Crippen LogP contribution in [0, 0.1) is 12.7 Å². The summed E-state index contributed by atoms with van der Waals surface area (Å²) in [7, 11) is 1.90. The van der Waals surface area contributed by atoms with Crippen LogP contribution in [0.1, 0.15) is 30.0 Å². The number of rotatable bonds is 3. The molecule has 15 heavy (non-hydrogen) atoms. The molecule has 2 rings (SSSR count). The van der Waals surface area contributed by atoms with Crippen molar-refractivity contribution in [3.8, 4) is 0 Å². The number of hydrogen-bond acceptors (Lipinski definition) is 2. The molecule has 1 aromatic rings. The molecule has 0 bridgehead atoms. The third-order valence-electron chi connectivity index (χ3n) is 3.21. The molecular formula is C12H17FN2. The average Bonchev–Trinajstić information content (AvgIpc) is 2.92. The molecule has 0 heterocycles. The lowest BCUT2D eigenvalue weighted by Gasteiger charge is -2.23. The van der Waals surface area contributed by atoms with Crippen molar-refractivity contribution in [1.82, 2.24) is 5.32 Å². The molecule has 1 atom stereocenters. The summed E-state index contributed by atoms with van der Waals surface area (Å²) in [6, 6.07) is 5.34. The van der Waals surface area contributed by atoms with Gasteiger partial charge in [-0.25, -0.2) is 4.39 Å². The van der Waals surface area contributed by atoms with Gasteiger partial charge in [0.15, 0.2) is 0 Å². The Morgan fingerprint density at radius 3 is 2.60 bits per heavy atom. The second kappa shape index (κ2) is 3.58. The molecule has 0 saturated heterocycles. The molecule has 0 radical (unpaired) electrons. The van der Waals surface area contributed by atoms with E-state index in [2.05, 4.69) is 5.32 Å². The van der Waals surface area contributed by atoms with Gasteiger partial charge in [-0.2, -0.15) is 0 Å². The van der Waals surface area contributed by atoms with Gasteiger partial charge < -0.3 is 11.1 Å². The van der Waals surface area contributed by atoms with E-state index in [4.69, 9.17) is 5.73 Å². The van der Waals surface area contributed by atoms with Crippen LogP contribution in [0.25, 0.3) is 0 Å². The van der Waals surface area contributed by atoms with E-state index >= 15 is 0 Å². The third kappa shape index (κ3) is 1.90. The maximum absolute atomic E-state index is 13.1. The lowest BCUT2D eigenvalue weighted by atomic mass is 9.96. The van der Waals surface area contributed by atoms with Gasteiger partial charge >= 0.3 is 0 Å². The first-order valence-corrected chi connectivity index (χ1v) is 5.29. The maximum Gasteiger partial charge on any atom is 0.126 e. The van der Waals surface area contributed by atoms with Crippen LogP contribution < -0.4 is 11.1 Å². The zero-order valence-electron chi connectivity index (χ0n) is 9.18. The van der Waals surface area contributed by atoms with Crippen LogP contribution in [-0.2, 0) is 0 Å². The SMILES string of the molecule is CNC(c1ccc(F)c(C)c1)C1(N)CC1. The number of likely N-dealkylation sites (N-methyl/N-ethyl adjacent to an activating group) is 1. The van der Waals surface area contributed by atoms with E-state index in [-0.39, 0.29) is 17.4 Å². The van der Waals surface area contributed by atoms with Crippen LogP contribution in [0.15, 0.2) is 18.2 Å². The molecule has 1 fully saturated rings. The highest BCUT2D eigenvalue weighted by Gasteiger charge is 2.45. The van der Waals surface area contributed by atoms with Crippen molar-refractivity contribution < 1.29 is 4.39 Å². The summed E-state index contributed by atoms with van der Waals surface area (Å²) in [6.45, 7) is 1.78. The Balaban J connectivity index is 2.31. The molecule has 1 aliphatic rings. The van der Waals surface area contributed by atoms with Crippen LogP contribution in [0.4, 0.5) is 4.39 Å². The highest BCUT2D eigenvalue weighted by molar-refractivity contribution is 5.31. The topological polar surface area (TPSA) is 38.0 Å². The second-order valence-corrected chi connectivity index (χ2v) is 4.46. The van der Waals surface area contributed by atoms with Crippen molar-refractivity contribution in [2.24, 2.45) is 5.73 Å². The van der Waals surface area contributed by atoms with E-state index < -0.39 is 0 Å². The predicted molar refractivity (Wildman–Crippen MR) is 59.1 cm³/mol. The van der Waals surface area contributed by atoms with Gasteiger partial charge in [0.25, 0.3) is 0 Å². The smallest absolute Gasteiger partial charge is 0.126 e. The number of hydrogen-bond donors (Lipinski definition) is 2. The molecule has 0 spiro atoms. The van der Waals surface area contributed by atoms with E-state index in [1.165, 1.54) is 6.07 Å². The molecule has 1 saturated carbocycles. The number of nitrogens with two attached hydrogens (primary N) is 1. The van der Waals surface area contributed by atoms with Gasteiger partial charge in [-0.1, -0.05) is 12.1 Å². The standard InChI is InChI=1S/C12H17FN2/c1-8-7-9(3-4-10(8)13)11(15-2)12(14)5-6-12/h3-4,7,11,15H,5-6,14H2,1-2H3. The molecule has 82 valence electrons. The first kappa shape index (κ1) is 10.6. The van der Waals surface area contributed by atoms with Crippen LogP contribution in [-0.4, -0.2) is 12.6 Å². The van der Waals surface area contributed by atoms with Crippen molar-refractivity contribution in [2.75, 3.05) is 7.05 Å². The highest BCUT2D eigenvalue weighted by Crippen LogP contribution is 2.43. The molecule has 3 heteroatoms. The van der Waals surface area contributed by atoms with E-state index in [1.54, 1.807) is 6.92 Å². The van der Waals surface area contributed by atoms with Crippen molar-refractivity contribution in [3.63, 3.8) is 0 Å². The van der Waals surface area contributed by atoms with Gasteiger partial charge in [0, 0.05) is 5.54 Å². The van der Waals surface area contributed by atoms with Crippen LogP contribution in [0.5, 0.6) is 0 Å². The van der Waals surface area contributed by atoms with Gasteiger partial charge in [0.2, 0.25) is 0 Å². The Bertz CT molecular complexity index is 372. The van der Waals surface area contributed by atoms with E-state index in [9.17, 15) is 4.39 Å². The van der Waals surface area contributed by atoms with E-state index in [0.29, 0.717) is 5.56 Å². The molecule has 1 aromatic carbocycles. The minimum Gasteiger partial charge on any atom is -0.323 e. The quantitative estimate of drug-likeness (QED) is 0.796. The maximum atomic E-state index is 13.1. The Kier molecular flexibility index (Phi) is 2.52. The fourth-order valence-electron chi connectivity index (χ4n) is 2.07. The van der Waals surface area contributed by atoms with Gasteiger partial charge in [-0.05, 0) is 44.0 Å². The second-order valence-electron chi connectivity index (χ2n) is 4.46. The average molecular weight is 208 g/mol. The Hall–Kier alpha value is -0.930. The number of nitrogens with one attached hydrogen (secondary N) is 1. The van der Waals surface area contributed by atoms with Crippen molar-refractivity contribution in [3.05, 3.63) is 35.1 Å². The van der Waals surface area contributed by atoms with Crippen LogP contribution >= 0.6 is 0 Å². The first-order chi connectivity index (χ1) is 7.07. The molecule has 0 amide bonds. The monoisotopic (exact) mass is 208 g/mol. The highest BCUT2D eigenvalue weighted by atomic mass is 19.1. The zero-order valence-corrected chi connectivity index (χ0v) is 9.18. The summed E-state index contributed by atoms with van der Waals surface area (Å²) in [5.74, 6) is -0.157. The molecule has 2 nitrogen and oxygen atoms in total. The van der Waals surface area contributed by atoms with Crippen molar-refractivity contribution in [1.29, 1.82) is 0 Å². The summed E-state index contributed by atoms with van der Waals surface area (Å²) in [6.07, 6.45) is 2.07. The number of halogens is 1. The minimum absolute atomic E-state index is 0.126. The molecule has 0 aliphatic heterocycles. The predicted octanol–water partition coefficient (Wildman–Crippen LogP) is 1.89. The third-order valence-corrected chi connectivity index (χ3v) is 3.21. The molecule has 1 unspecified atom stereocenters. The normalized spacial score (nSPS) is 20.0. The lowest BCUT2D eigenvalue weighted by molar-refractivity contribution is 0.460. The van der Waals surface area contributed by atoms with Gasteiger partial charge in [-0.15, -0.1) is 0 Å². The van der Waals surface area contributed by atoms with Crippen LogP contribution in [0.2, 0.25) is 0 Å². The molecule has 3 N–H and O–H groups in total. The summed E-state index contributed by atoms with van der Waals surface area (Å²) in [5.41, 5.74) is 7.80. The summed E-state index contributed by atoms with van der Waals surface area (Å²) < 4.78 is 13.1. The summed E-state index contributed by atoms with van der Waals surface area (Å²) in [5, 5.41) is 3.22. The van der Waals surface area contributed by atoms with Gasteiger partial charge in [0.05, 0.1) is 6.04 Å². The Labute approximate surface area is 89.7 Å². The molecular weight excluding hydrogens is 191 g/mol. The largest absolute Gasteiger partial charge is 0.323 e. The fraction of sp³-hybridized carbons (Fsp3) is 0.500. The Morgan fingerprint density at radius 1 is 1.47 bits per heavy atom. The molecule has 0 aromatic heterocycles. The number of benzene rings is 1. The van der Waals surface area contributed by atoms with Crippen molar-refractivity contribution in [2.45, 2.75) is 31.3 Å². The zero-order chi connectivity index (χ0) is 11.1. The summed E-state index contributed by atoms with van der Waals surface area (Å²) >= 11 is 0. The summed E-state index contributed by atoms with van der Waals surface area (Å²) in [4.78, 5) is 0. The van der Waals surface area contributed by atoms with E-state index in [1.807, 2.05) is 19.2 Å². The minimum atomic E-state index is -0.157. The first-order valence-electron chi connectivity index (χ1n) is 5.29. The van der Waals surface area contributed by atoms with Crippen molar-refractivity contribution >= 4 is 0 Å². The van der Waals surface area contributed by atoms with Gasteiger partial charge in [-0.3, -0.25) is 0 Å². The number of aryl methyl sites for hydroxylation is 1. The van der Waals surface area contributed by atoms with Gasteiger partial charge in [0.1, 0.15) is 5.82 Å².